The molecule has 0 aliphatic heterocycles. The third kappa shape index (κ3) is 3.55. The molecule has 0 bridgehead atoms. The molecule has 2 rings (SSSR count). The lowest BCUT2D eigenvalue weighted by Gasteiger charge is -2.03. The molecule has 0 spiro atoms. The number of nitriles is 1. The fourth-order valence-corrected chi connectivity index (χ4v) is 2.77. The summed E-state index contributed by atoms with van der Waals surface area (Å²) in [6.07, 6.45) is 1.30. The van der Waals surface area contributed by atoms with Crippen LogP contribution in [0.5, 0.6) is 5.75 Å². The number of aromatic nitrogens is 1. The lowest BCUT2D eigenvalue weighted by molar-refractivity contribution is 0.305. The lowest BCUT2D eigenvalue weighted by atomic mass is 10.2. The summed E-state index contributed by atoms with van der Waals surface area (Å²) in [7, 11) is 0. The highest BCUT2D eigenvalue weighted by Gasteiger charge is 2.09. The molecule has 19 heavy (non-hydrogen) atoms. The quantitative estimate of drug-likeness (QED) is 0.834. The van der Waals surface area contributed by atoms with Crippen LogP contribution in [0, 0.1) is 18.3 Å². The summed E-state index contributed by atoms with van der Waals surface area (Å²) in [6, 6.07) is 10.1. The molecule has 3 nitrogen and oxygen atoms in total. The maximum atomic E-state index is 8.78. The Morgan fingerprint density at radius 3 is 2.68 bits per heavy atom. The minimum atomic E-state index is 0.436. The van der Waals surface area contributed by atoms with Crippen molar-refractivity contribution in [1.29, 1.82) is 5.26 Å². The number of nitrogens with zero attached hydrogens (tertiary/aromatic N) is 2. The average Bonchev–Trinajstić information content (AvgIpc) is 2.81. The zero-order valence-electron chi connectivity index (χ0n) is 11.1. The molecule has 1 heterocycles. The Kier molecular flexibility index (Phi) is 4.53. The molecule has 0 saturated heterocycles. The van der Waals surface area contributed by atoms with Crippen molar-refractivity contribution in [3.63, 3.8) is 0 Å². The third-order valence-electron chi connectivity index (χ3n) is 2.78. The standard InChI is InChI=1S/C15H16N2OS/c1-3-13-14(8-9-16)19-15(17-13)10-18-12-6-4-11(2)5-7-12/h4-7H,3,8,10H2,1-2H3. The van der Waals surface area contributed by atoms with E-state index in [1.807, 2.05) is 31.2 Å². The van der Waals surface area contributed by atoms with Crippen LogP contribution in [0.15, 0.2) is 24.3 Å². The van der Waals surface area contributed by atoms with Gasteiger partial charge in [-0.1, -0.05) is 24.6 Å². The normalized spacial score (nSPS) is 10.2. The highest BCUT2D eigenvalue weighted by atomic mass is 32.1. The topological polar surface area (TPSA) is 45.9 Å². The molecule has 1 aromatic carbocycles. The van der Waals surface area contributed by atoms with Gasteiger partial charge < -0.3 is 4.74 Å². The van der Waals surface area contributed by atoms with Crippen LogP contribution in [0.2, 0.25) is 0 Å². The predicted molar refractivity (Wildman–Crippen MR) is 76.3 cm³/mol. The van der Waals surface area contributed by atoms with Crippen LogP contribution in [0.4, 0.5) is 0 Å². The summed E-state index contributed by atoms with van der Waals surface area (Å²) in [5, 5.41) is 9.71. The van der Waals surface area contributed by atoms with Gasteiger partial charge in [-0.2, -0.15) is 5.26 Å². The Labute approximate surface area is 117 Å². The van der Waals surface area contributed by atoms with Crippen molar-refractivity contribution >= 4 is 11.3 Å². The molecular weight excluding hydrogens is 256 g/mol. The van der Waals surface area contributed by atoms with Gasteiger partial charge in [-0.25, -0.2) is 4.98 Å². The number of rotatable bonds is 5. The van der Waals surface area contributed by atoms with Gasteiger partial charge in [0.15, 0.2) is 0 Å². The van der Waals surface area contributed by atoms with E-state index in [1.165, 1.54) is 5.56 Å². The van der Waals surface area contributed by atoms with Crippen LogP contribution in [0.25, 0.3) is 0 Å². The molecule has 0 aliphatic carbocycles. The van der Waals surface area contributed by atoms with E-state index in [1.54, 1.807) is 11.3 Å². The molecule has 2 aromatic rings. The number of ether oxygens (including phenoxy) is 1. The Morgan fingerprint density at radius 2 is 2.05 bits per heavy atom. The van der Waals surface area contributed by atoms with Crippen molar-refractivity contribution in [2.45, 2.75) is 33.3 Å². The first-order valence-corrected chi connectivity index (χ1v) is 7.08. The van der Waals surface area contributed by atoms with Crippen LogP contribution in [0.1, 0.15) is 28.1 Å². The highest BCUT2D eigenvalue weighted by molar-refractivity contribution is 7.11. The first-order valence-electron chi connectivity index (χ1n) is 6.26. The van der Waals surface area contributed by atoms with E-state index in [2.05, 4.69) is 18.0 Å². The molecule has 0 atom stereocenters. The SMILES string of the molecule is CCc1nc(COc2ccc(C)cc2)sc1CC#N. The van der Waals surface area contributed by atoms with Crippen LogP contribution in [-0.4, -0.2) is 4.98 Å². The van der Waals surface area contributed by atoms with E-state index in [-0.39, 0.29) is 0 Å². The number of hydrogen-bond acceptors (Lipinski definition) is 4. The van der Waals surface area contributed by atoms with Gasteiger partial charge in [-0.15, -0.1) is 11.3 Å². The molecule has 4 heteroatoms. The Morgan fingerprint density at radius 1 is 1.32 bits per heavy atom. The van der Waals surface area contributed by atoms with Gasteiger partial charge >= 0.3 is 0 Å². The molecule has 0 fully saturated rings. The molecule has 0 aliphatic rings. The third-order valence-corrected chi connectivity index (χ3v) is 3.85. The van der Waals surface area contributed by atoms with Crippen LogP contribution in [0.3, 0.4) is 0 Å². The Balaban J connectivity index is 2.03. The number of thiazole rings is 1. The predicted octanol–water partition coefficient (Wildman–Crippen LogP) is 3.66. The second-order valence-corrected chi connectivity index (χ2v) is 5.44. The summed E-state index contributed by atoms with van der Waals surface area (Å²) in [5.41, 5.74) is 2.24. The summed E-state index contributed by atoms with van der Waals surface area (Å²) in [4.78, 5) is 5.58. The van der Waals surface area contributed by atoms with Crippen LogP contribution < -0.4 is 4.74 Å². The molecule has 1 aromatic heterocycles. The summed E-state index contributed by atoms with van der Waals surface area (Å²) >= 11 is 1.57. The largest absolute Gasteiger partial charge is 0.486 e. The van der Waals surface area contributed by atoms with Gasteiger partial charge in [-0.3, -0.25) is 0 Å². The van der Waals surface area contributed by atoms with E-state index in [4.69, 9.17) is 10.00 Å². The Hall–Kier alpha value is -1.86. The average molecular weight is 272 g/mol. The van der Waals surface area contributed by atoms with Crippen molar-refractivity contribution in [3.05, 3.63) is 45.4 Å². The van der Waals surface area contributed by atoms with Gasteiger partial charge in [0, 0.05) is 4.88 Å². The van der Waals surface area contributed by atoms with Crippen molar-refractivity contribution < 1.29 is 4.74 Å². The van der Waals surface area contributed by atoms with E-state index in [0.29, 0.717) is 13.0 Å². The first kappa shape index (κ1) is 13.6. The number of benzene rings is 1. The molecule has 0 saturated carbocycles. The van der Waals surface area contributed by atoms with Crippen molar-refractivity contribution in [3.8, 4) is 11.8 Å². The van der Waals surface area contributed by atoms with Crippen LogP contribution in [-0.2, 0) is 19.4 Å². The van der Waals surface area contributed by atoms with Gasteiger partial charge in [-0.05, 0) is 25.5 Å². The molecule has 0 amide bonds. The Bertz CT molecular complexity index is 581. The zero-order chi connectivity index (χ0) is 13.7. The summed E-state index contributed by atoms with van der Waals surface area (Å²) < 4.78 is 5.70. The zero-order valence-corrected chi connectivity index (χ0v) is 12.0. The van der Waals surface area contributed by atoms with Crippen molar-refractivity contribution in [1.82, 2.24) is 4.98 Å². The number of aryl methyl sites for hydroxylation is 2. The minimum absolute atomic E-state index is 0.436. The van der Waals surface area contributed by atoms with Gasteiger partial charge in [0.1, 0.15) is 17.4 Å². The van der Waals surface area contributed by atoms with Crippen molar-refractivity contribution in [2.75, 3.05) is 0 Å². The fraction of sp³-hybridized carbons (Fsp3) is 0.333. The second kappa shape index (κ2) is 6.35. The van der Waals surface area contributed by atoms with E-state index < -0.39 is 0 Å². The maximum absolute atomic E-state index is 8.78. The molecule has 98 valence electrons. The molecule has 0 N–H and O–H groups in total. The monoisotopic (exact) mass is 272 g/mol. The smallest absolute Gasteiger partial charge is 0.140 e. The van der Waals surface area contributed by atoms with Gasteiger partial charge in [0.25, 0.3) is 0 Å². The number of hydrogen-bond donors (Lipinski definition) is 0. The summed E-state index contributed by atoms with van der Waals surface area (Å²) in [5.74, 6) is 0.848. The van der Waals surface area contributed by atoms with Gasteiger partial charge in [0.05, 0.1) is 18.2 Å². The van der Waals surface area contributed by atoms with E-state index in [0.717, 1.165) is 27.7 Å². The van der Waals surface area contributed by atoms with Crippen molar-refractivity contribution in [2.24, 2.45) is 0 Å². The minimum Gasteiger partial charge on any atom is -0.486 e. The van der Waals surface area contributed by atoms with Gasteiger partial charge in [0.2, 0.25) is 0 Å². The molecule has 0 radical (unpaired) electrons. The first-order chi connectivity index (χ1) is 9.22. The lowest BCUT2D eigenvalue weighted by Crippen LogP contribution is -1.95. The molecule has 0 unspecified atom stereocenters. The maximum Gasteiger partial charge on any atom is 0.140 e. The second-order valence-electron chi connectivity index (χ2n) is 4.27. The summed E-state index contributed by atoms with van der Waals surface area (Å²) in [6.45, 7) is 4.57. The van der Waals surface area contributed by atoms with E-state index >= 15 is 0 Å². The van der Waals surface area contributed by atoms with E-state index in [9.17, 15) is 0 Å². The highest BCUT2D eigenvalue weighted by Crippen LogP contribution is 2.21. The van der Waals surface area contributed by atoms with Crippen LogP contribution >= 0.6 is 11.3 Å². The fourth-order valence-electron chi connectivity index (χ4n) is 1.76. The molecular formula is C15H16N2OS.